The van der Waals surface area contributed by atoms with Gasteiger partial charge in [-0.1, -0.05) is 19.9 Å². The summed E-state index contributed by atoms with van der Waals surface area (Å²) in [7, 11) is 0. The van der Waals surface area contributed by atoms with E-state index in [1.165, 1.54) is 12.8 Å². The molecule has 0 amide bonds. The molecule has 12 heavy (non-hydrogen) atoms. The highest BCUT2D eigenvalue weighted by Crippen LogP contribution is 2.49. The van der Waals surface area contributed by atoms with Gasteiger partial charge in [0, 0.05) is 6.42 Å². The first-order chi connectivity index (χ1) is 5.59. The third kappa shape index (κ3) is 1.33. The van der Waals surface area contributed by atoms with E-state index < -0.39 is 0 Å². The van der Waals surface area contributed by atoms with Crippen molar-refractivity contribution in [3.05, 3.63) is 12.2 Å². The van der Waals surface area contributed by atoms with E-state index >= 15 is 0 Å². The van der Waals surface area contributed by atoms with Gasteiger partial charge in [0.15, 0.2) is 5.78 Å². The first-order valence-corrected chi connectivity index (χ1v) is 4.82. The van der Waals surface area contributed by atoms with Gasteiger partial charge in [0.2, 0.25) is 0 Å². The number of rotatable bonds is 1. The minimum absolute atomic E-state index is 0.259. The van der Waals surface area contributed by atoms with Gasteiger partial charge in [-0.2, -0.15) is 0 Å². The Morgan fingerprint density at radius 2 is 2.08 bits per heavy atom. The predicted octanol–water partition coefficient (Wildman–Crippen LogP) is 2.57. The van der Waals surface area contributed by atoms with Gasteiger partial charge in [0.05, 0.1) is 0 Å². The Kier molecular flexibility index (Phi) is 1.64. The molecule has 1 atom stereocenters. The van der Waals surface area contributed by atoms with E-state index in [4.69, 9.17) is 0 Å². The Bertz CT molecular complexity index is 233. The van der Waals surface area contributed by atoms with Crippen LogP contribution in [0.2, 0.25) is 0 Å². The summed E-state index contributed by atoms with van der Waals surface area (Å²) >= 11 is 0. The van der Waals surface area contributed by atoms with Crippen LogP contribution in [0.25, 0.3) is 0 Å². The standard InChI is InChI=1S/C11H16O/c1-11(2)6-5-9(12)7-10(11)8-3-4-8/h5-6,8,10H,3-4,7H2,1-2H3. The fourth-order valence-corrected chi connectivity index (χ4v) is 2.25. The van der Waals surface area contributed by atoms with E-state index in [0.717, 1.165) is 12.3 Å². The molecule has 2 aliphatic rings. The Morgan fingerprint density at radius 1 is 1.42 bits per heavy atom. The van der Waals surface area contributed by atoms with Crippen LogP contribution in [0.15, 0.2) is 12.2 Å². The molecule has 2 rings (SSSR count). The van der Waals surface area contributed by atoms with Crippen LogP contribution in [0.1, 0.15) is 33.1 Å². The maximum atomic E-state index is 11.2. The molecule has 1 saturated carbocycles. The average Bonchev–Trinajstić information content (AvgIpc) is 2.77. The summed E-state index contributed by atoms with van der Waals surface area (Å²) in [5, 5.41) is 0. The van der Waals surface area contributed by atoms with Crippen LogP contribution in [-0.4, -0.2) is 5.78 Å². The molecule has 0 saturated heterocycles. The quantitative estimate of drug-likeness (QED) is 0.582. The lowest BCUT2D eigenvalue weighted by atomic mass is 9.70. The summed E-state index contributed by atoms with van der Waals surface area (Å²) in [4.78, 5) is 11.2. The molecule has 0 aromatic rings. The molecule has 0 aromatic heterocycles. The number of carbonyl (C=O) groups excluding carboxylic acids is 1. The zero-order valence-electron chi connectivity index (χ0n) is 7.84. The molecule has 0 spiro atoms. The number of hydrogen-bond donors (Lipinski definition) is 0. The topological polar surface area (TPSA) is 17.1 Å². The summed E-state index contributed by atoms with van der Waals surface area (Å²) in [6.45, 7) is 4.50. The molecule has 1 fully saturated rings. The van der Waals surface area contributed by atoms with Gasteiger partial charge in [-0.05, 0) is 36.2 Å². The van der Waals surface area contributed by atoms with Crippen molar-refractivity contribution < 1.29 is 4.79 Å². The van der Waals surface area contributed by atoms with Gasteiger partial charge in [-0.25, -0.2) is 0 Å². The lowest BCUT2D eigenvalue weighted by Gasteiger charge is -2.34. The number of carbonyl (C=O) groups is 1. The van der Waals surface area contributed by atoms with Crippen LogP contribution in [-0.2, 0) is 4.79 Å². The lowest BCUT2D eigenvalue weighted by molar-refractivity contribution is -0.117. The first-order valence-electron chi connectivity index (χ1n) is 4.82. The van der Waals surface area contributed by atoms with Crippen LogP contribution < -0.4 is 0 Å². The molecule has 2 aliphatic carbocycles. The lowest BCUT2D eigenvalue weighted by Crippen LogP contribution is -2.29. The van der Waals surface area contributed by atoms with Crippen molar-refractivity contribution in [3.63, 3.8) is 0 Å². The van der Waals surface area contributed by atoms with E-state index in [0.29, 0.717) is 11.7 Å². The smallest absolute Gasteiger partial charge is 0.155 e. The summed E-state index contributed by atoms with van der Waals surface area (Å²) in [6.07, 6.45) is 7.33. The minimum Gasteiger partial charge on any atom is -0.295 e. The zero-order chi connectivity index (χ0) is 8.77. The third-order valence-corrected chi connectivity index (χ3v) is 3.27. The van der Waals surface area contributed by atoms with Crippen molar-refractivity contribution in [2.45, 2.75) is 33.1 Å². The highest BCUT2D eigenvalue weighted by Gasteiger charge is 2.42. The second-order valence-corrected chi connectivity index (χ2v) is 4.77. The predicted molar refractivity (Wildman–Crippen MR) is 48.8 cm³/mol. The number of hydrogen-bond acceptors (Lipinski definition) is 1. The van der Waals surface area contributed by atoms with E-state index in [1.807, 2.05) is 0 Å². The zero-order valence-corrected chi connectivity index (χ0v) is 7.84. The second-order valence-electron chi connectivity index (χ2n) is 4.77. The van der Waals surface area contributed by atoms with Gasteiger partial charge in [0.1, 0.15) is 0 Å². The molecular formula is C11H16O. The Labute approximate surface area is 73.8 Å². The summed E-state index contributed by atoms with van der Waals surface area (Å²) in [5.41, 5.74) is 0.259. The Hall–Kier alpha value is -0.590. The summed E-state index contributed by atoms with van der Waals surface area (Å²) in [6, 6.07) is 0. The van der Waals surface area contributed by atoms with E-state index in [1.54, 1.807) is 6.08 Å². The van der Waals surface area contributed by atoms with Crippen molar-refractivity contribution in [3.8, 4) is 0 Å². The van der Waals surface area contributed by atoms with Crippen molar-refractivity contribution in [2.75, 3.05) is 0 Å². The molecule has 0 radical (unpaired) electrons. The van der Waals surface area contributed by atoms with Gasteiger partial charge < -0.3 is 0 Å². The molecule has 0 bridgehead atoms. The average molecular weight is 164 g/mol. The Morgan fingerprint density at radius 3 is 2.67 bits per heavy atom. The minimum atomic E-state index is 0.259. The third-order valence-electron chi connectivity index (χ3n) is 3.27. The first kappa shape index (κ1) is 8.03. The van der Waals surface area contributed by atoms with Crippen LogP contribution in [0.5, 0.6) is 0 Å². The molecule has 0 N–H and O–H groups in total. The Balaban J connectivity index is 2.20. The maximum absolute atomic E-state index is 11.2. The van der Waals surface area contributed by atoms with Gasteiger partial charge in [0.25, 0.3) is 0 Å². The molecular weight excluding hydrogens is 148 g/mol. The van der Waals surface area contributed by atoms with Crippen LogP contribution >= 0.6 is 0 Å². The largest absolute Gasteiger partial charge is 0.295 e. The van der Waals surface area contributed by atoms with E-state index in [9.17, 15) is 4.79 Å². The molecule has 66 valence electrons. The van der Waals surface area contributed by atoms with Crippen molar-refractivity contribution >= 4 is 5.78 Å². The monoisotopic (exact) mass is 164 g/mol. The van der Waals surface area contributed by atoms with Crippen molar-refractivity contribution in [1.82, 2.24) is 0 Å². The molecule has 0 aliphatic heterocycles. The highest BCUT2D eigenvalue weighted by molar-refractivity contribution is 5.91. The van der Waals surface area contributed by atoms with Crippen LogP contribution in [0.3, 0.4) is 0 Å². The number of ketones is 1. The highest BCUT2D eigenvalue weighted by atomic mass is 16.1. The fraction of sp³-hybridized carbons (Fsp3) is 0.727. The van der Waals surface area contributed by atoms with Crippen LogP contribution in [0.4, 0.5) is 0 Å². The van der Waals surface area contributed by atoms with Gasteiger partial charge >= 0.3 is 0 Å². The summed E-state index contributed by atoms with van der Waals surface area (Å²) in [5.74, 6) is 1.79. The molecule has 0 heterocycles. The molecule has 1 heteroatoms. The molecule has 1 unspecified atom stereocenters. The van der Waals surface area contributed by atoms with Crippen LogP contribution in [0, 0.1) is 17.3 Å². The van der Waals surface area contributed by atoms with E-state index in [-0.39, 0.29) is 5.41 Å². The SMILES string of the molecule is CC1(C)C=CC(=O)CC1C1CC1. The van der Waals surface area contributed by atoms with Gasteiger partial charge in [-0.3, -0.25) is 4.79 Å². The second kappa shape index (κ2) is 2.45. The maximum Gasteiger partial charge on any atom is 0.155 e. The summed E-state index contributed by atoms with van der Waals surface area (Å²) < 4.78 is 0. The fourth-order valence-electron chi connectivity index (χ4n) is 2.25. The normalized spacial score (nSPS) is 33.8. The van der Waals surface area contributed by atoms with E-state index in [2.05, 4.69) is 19.9 Å². The van der Waals surface area contributed by atoms with Gasteiger partial charge in [-0.15, -0.1) is 0 Å². The van der Waals surface area contributed by atoms with Crippen molar-refractivity contribution in [2.24, 2.45) is 17.3 Å². The number of allylic oxidation sites excluding steroid dienone is 2. The molecule has 0 aromatic carbocycles. The van der Waals surface area contributed by atoms with Crippen molar-refractivity contribution in [1.29, 1.82) is 0 Å². The molecule has 1 nitrogen and oxygen atoms in total.